The molecule has 1 saturated heterocycles. The lowest BCUT2D eigenvalue weighted by Gasteiger charge is -2.31. The maximum atomic E-state index is 13.5. The third-order valence-corrected chi connectivity index (χ3v) is 4.86. The van der Waals surface area contributed by atoms with E-state index in [1.165, 1.54) is 19.9 Å². The van der Waals surface area contributed by atoms with E-state index in [0.29, 0.717) is 0 Å². The highest BCUT2D eigenvalue weighted by atomic mass is 19.4. The SMILES string of the molecule is COC(=O)C1OC(C)(C(F)(F)F)C(C)C1c1ccc(F)c(C)c1O. The van der Waals surface area contributed by atoms with Crippen LogP contribution in [0, 0.1) is 18.7 Å². The highest BCUT2D eigenvalue weighted by molar-refractivity contribution is 5.77. The third-order valence-electron chi connectivity index (χ3n) is 4.86. The summed E-state index contributed by atoms with van der Waals surface area (Å²) in [4.78, 5) is 12.0. The van der Waals surface area contributed by atoms with Gasteiger partial charge in [-0.05, 0) is 19.9 Å². The van der Waals surface area contributed by atoms with Crippen molar-refractivity contribution in [2.45, 2.75) is 44.6 Å². The van der Waals surface area contributed by atoms with Gasteiger partial charge in [0.2, 0.25) is 0 Å². The van der Waals surface area contributed by atoms with Crippen LogP contribution in [0.1, 0.15) is 30.9 Å². The van der Waals surface area contributed by atoms with Crippen molar-refractivity contribution >= 4 is 5.97 Å². The second-order valence-electron chi connectivity index (χ2n) is 6.09. The number of halogens is 4. The normalized spacial score (nSPS) is 30.4. The zero-order valence-electron chi connectivity index (χ0n) is 13.6. The number of phenolic OH excluding ortho intramolecular Hbond substituents is 1. The molecule has 0 aromatic heterocycles. The molecule has 8 heteroatoms. The summed E-state index contributed by atoms with van der Waals surface area (Å²) in [6, 6.07) is 2.20. The molecule has 0 saturated carbocycles. The van der Waals surface area contributed by atoms with E-state index in [4.69, 9.17) is 4.74 Å². The first kappa shape index (κ1) is 18.5. The molecular formula is C16H18F4O4. The predicted octanol–water partition coefficient (Wildman–Crippen LogP) is 3.45. The van der Waals surface area contributed by atoms with E-state index < -0.39 is 47.3 Å². The average molecular weight is 350 g/mol. The number of alkyl halides is 3. The molecular weight excluding hydrogens is 332 g/mol. The largest absolute Gasteiger partial charge is 0.507 e. The van der Waals surface area contributed by atoms with Gasteiger partial charge in [-0.3, -0.25) is 0 Å². The van der Waals surface area contributed by atoms with Crippen LogP contribution in [0.15, 0.2) is 12.1 Å². The van der Waals surface area contributed by atoms with Crippen LogP contribution in [-0.2, 0) is 14.3 Å². The lowest BCUT2D eigenvalue weighted by Crippen LogP contribution is -2.47. The Morgan fingerprint density at radius 3 is 2.46 bits per heavy atom. The van der Waals surface area contributed by atoms with Gasteiger partial charge >= 0.3 is 12.1 Å². The van der Waals surface area contributed by atoms with Crippen LogP contribution in [0.4, 0.5) is 17.6 Å². The van der Waals surface area contributed by atoms with E-state index in [1.807, 2.05) is 0 Å². The number of rotatable bonds is 2. The van der Waals surface area contributed by atoms with Gasteiger partial charge in [0.1, 0.15) is 11.6 Å². The maximum absolute atomic E-state index is 13.5. The van der Waals surface area contributed by atoms with Gasteiger partial charge in [-0.2, -0.15) is 13.2 Å². The molecule has 0 aliphatic carbocycles. The second kappa shape index (κ2) is 5.91. The summed E-state index contributed by atoms with van der Waals surface area (Å²) in [6.45, 7) is 3.42. The molecule has 1 heterocycles. The van der Waals surface area contributed by atoms with Gasteiger partial charge in [0, 0.05) is 23.0 Å². The molecule has 134 valence electrons. The van der Waals surface area contributed by atoms with E-state index in [1.54, 1.807) is 0 Å². The first-order valence-electron chi connectivity index (χ1n) is 7.26. The Morgan fingerprint density at radius 2 is 1.96 bits per heavy atom. The Hall–Kier alpha value is -1.83. The second-order valence-corrected chi connectivity index (χ2v) is 6.09. The summed E-state index contributed by atoms with van der Waals surface area (Å²) >= 11 is 0. The summed E-state index contributed by atoms with van der Waals surface area (Å²) in [6.07, 6.45) is -6.30. The van der Waals surface area contributed by atoms with Crippen LogP contribution in [-0.4, -0.2) is 36.1 Å². The molecule has 4 unspecified atom stereocenters. The molecule has 0 bridgehead atoms. The fourth-order valence-corrected chi connectivity index (χ4v) is 3.08. The molecule has 1 fully saturated rings. The first-order valence-corrected chi connectivity index (χ1v) is 7.26. The zero-order valence-corrected chi connectivity index (χ0v) is 13.6. The van der Waals surface area contributed by atoms with E-state index in [9.17, 15) is 27.5 Å². The Labute approximate surface area is 136 Å². The van der Waals surface area contributed by atoms with Crippen molar-refractivity contribution in [3.05, 3.63) is 29.1 Å². The summed E-state index contributed by atoms with van der Waals surface area (Å²) in [5.41, 5.74) is -2.70. The van der Waals surface area contributed by atoms with Crippen molar-refractivity contribution in [2.75, 3.05) is 7.11 Å². The zero-order chi connectivity index (χ0) is 18.4. The van der Waals surface area contributed by atoms with Crippen LogP contribution in [0.3, 0.4) is 0 Å². The van der Waals surface area contributed by atoms with Gasteiger partial charge in [-0.1, -0.05) is 13.0 Å². The number of methoxy groups -OCH3 is 1. The fraction of sp³-hybridized carbons (Fsp3) is 0.562. The van der Waals surface area contributed by atoms with Gasteiger partial charge < -0.3 is 14.6 Å². The third kappa shape index (κ3) is 2.62. The fourth-order valence-electron chi connectivity index (χ4n) is 3.08. The number of carbonyl (C=O) groups excluding carboxylic acids is 1. The molecule has 4 nitrogen and oxygen atoms in total. The Morgan fingerprint density at radius 1 is 1.38 bits per heavy atom. The van der Waals surface area contributed by atoms with E-state index >= 15 is 0 Å². The van der Waals surface area contributed by atoms with Gasteiger partial charge in [-0.25, -0.2) is 9.18 Å². The van der Waals surface area contributed by atoms with E-state index in [0.717, 1.165) is 20.1 Å². The van der Waals surface area contributed by atoms with E-state index in [2.05, 4.69) is 4.74 Å². The number of phenols is 1. The molecule has 1 aromatic carbocycles. The number of benzene rings is 1. The lowest BCUT2D eigenvalue weighted by molar-refractivity contribution is -0.274. The van der Waals surface area contributed by atoms with Gasteiger partial charge in [-0.15, -0.1) is 0 Å². The lowest BCUT2D eigenvalue weighted by atomic mass is 9.76. The average Bonchev–Trinajstić information content (AvgIpc) is 2.78. The monoisotopic (exact) mass is 350 g/mol. The van der Waals surface area contributed by atoms with Crippen LogP contribution in [0.2, 0.25) is 0 Å². The Bertz CT molecular complexity index is 658. The molecule has 1 aromatic rings. The van der Waals surface area contributed by atoms with Crippen molar-refractivity contribution in [1.82, 2.24) is 0 Å². The quantitative estimate of drug-likeness (QED) is 0.656. The summed E-state index contributed by atoms with van der Waals surface area (Å²) in [5.74, 6) is -4.52. The minimum Gasteiger partial charge on any atom is -0.507 e. The molecule has 0 spiro atoms. The van der Waals surface area contributed by atoms with Crippen molar-refractivity contribution in [2.24, 2.45) is 5.92 Å². The predicted molar refractivity (Wildman–Crippen MR) is 76.1 cm³/mol. The maximum Gasteiger partial charge on any atom is 0.417 e. The molecule has 1 aliphatic rings. The van der Waals surface area contributed by atoms with Crippen molar-refractivity contribution in [1.29, 1.82) is 0 Å². The van der Waals surface area contributed by atoms with Gasteiger partial charge in [0.05, 0.1) is 7.11 Å². The van der Waals surface area contributed by atoms with Crippen LogP contribution < -0.4 is 0 Å². The number of carbonyl (C=O) groups is 1. The number of hydrogen-bond donors (Lipinski definition) is 1. The smallest absolute Gasteiger partial charge is 0.417 e. The Kier molecular flexibility index (Phi) is 4.56. The molecule has 24 heavy (non-hydrogen) atoms. The highest BCUT2D eigenvalue weighted by Gasteiger charge is 2.66. The van der Waals surface area contributed by atoms with Gasteiger partial charge in [0.15, 0.2) is 11.7 Å². The molecule has 1 aliphatic heterocycles. The van der Waals surface area contributed by atoms with Crippen LogP contribution >= 0.6 is 0 Å². The summed E-state index contributed by atoms with van der Waals surface area (Å²) in [7, 11) is 1.03. The van der Waals surface area contributed by atoms with Crippen LogP contribution in [0.25, 0.3) is 0 Å². The highest BCUT2D eigenvalue weighted by Crippen LogP contribution is 2.54. The molecule has 0 radical (unpaired) electrons. The number of aromatic hydroxyl groups is 1. The molecule has 2 rings (SSSR count). The van der Waals surface area contributed by atoms with E-state index in [-0.39, 0.29) is 11.1 Å². The Balaban J connectivity index is 2.61. The topological polar surface area (TPSA) is 55.8 Å². The number of esters is 1. The van der Waals surface area contributed by atoms with Crippen molar-refractivity contribution < 1.29 is 36.9 Å². The minimum absolute atomic E-state index is 0.0183. The molecule has 4 atom stereocenters. The standard InChI is InChI=1S/C16H18F4O4/c1-7-10(17)6-5-9(12(7)21)11-8(2)15(3,16(18,19)20)24-13(11)14(22)23-4/h5-6,8,11,13,21H,1-4H3. The van der Waals surface area contributed by atoms with Crippen molar-refractivity contribution in [3.8, 4) is 5.75 Å². The number of hydrogen-bond acceptors (Lipinski definition) is 4. The first-order chi connectivity index (χ1) is 11.0. The summed E-state index contributed by atoms with van der Waals surface area (Å²) in [5, 5.41) is 10.2. The van der Waals surface area contributed by atoms with Crippen molar-refractivity contribution in [3.63, 3.8) is 0 Å². The minimum atomic E-state index is -4.74. The van der Waals surface area contributed by atoms with Gasteiger partial charge in [0.25, 0.3) is 0 Å². The summed E-state index contributed by atoms with van der Waals surface area (Å²) < 4.78 is 63.6. The van der Waals surface area contributed by atoms with Crippen LogP contribution in [0.5, 0.6) is 5.75 Å². The molecule has 1 N–H and O–H groups in total. The number of ether oxygens (including phenoxy) is 2. The molecule has 0 amide bonds.